The SMILES string of the molecule is CCCCCCC(=C=C(CC(F)(F)F)c1ccccc1)C(=O)CCc1ccccc1. The molecule has 1 nitrogen and oxygen atoms in total. The molecule has 0 atom stereocenters. The maximum absolute atomic E-state index is 13.2. The quantitative estimate of drug-likeness (QED) is 0.209. The topological polar surface area (TPSA) is 17.1 Å². The summed E-state index contributed by atoms with van der Waals surface area (Å²) in [4.78, 5) is 12.9. The van der Waals surface area contributed by atoms with E-state index < -0.39 is 12.6 Å². The summed E-state index contributed by atoms with van der Waals surface area (Å²) >= 11 is 0. The summed E-state index contributed by atoms with van der Waals surface area (Å²) in [6.07, 6.45) is -0.325. The van der Waals surface area contributed by atoms with Crippen LogP contribution in [-0.4, -0.2) is 12.0 Å². The number of allylic oxidation sites excluding steroid dienone is 1. The molecule has 0 amide bonds. The van der Waals surface area contributed by atoms with Crippen molar-refractivity contribution in [2.45, 2.75) is 64.5 Å². The molecular formula is C26H29F3O. The van der Waals surface area contributed by atoms with Gasteiger partial charge in [-0.25, -0.2) is 0 Å². The van der Waals surface area contributed by atoms with E-state index in [2.05, 4.69) is 12.7 Å². The van der Waals surface area contributed by atoms with Crippen LogP contribution in [0.25, 0.3) is 5.57 Å². The van der Waals surface area contributed by atoms with Crippen molar-refractivity contribution in [1.29, 1.82) is 0 Å². The van der Waals surface area contributed by atoms with Gasteiger partial charge in [0, 0.05) is 17.6 Å². The Balaban J connectivity index is 2.34. The lowest BCUT2D eigenvalue weighted by Crippen LogP contribution is -2.09. The zero-order valence-corrected chi connectivity index (χ0v) is 17.5. The maximum atomic E-state index is 13.2. The number of hydrogen-bond acceptors (Lipinski definition) is 1. The van der Waals surface area contributed by atoms with Crippen LogP contribution in [-0.2, 0) is 11.2 Å². The van der Waals surface area contributed by atoms with E-state index in [1.165, 1.54) is 0 Å². The molecule has 4 heteroatoms. The van der Waals surface area contributed by atoms with Crippen LogP contribution in [0, 0.1) is 0 Å². The van der Waals surface area contributed by atoms with Gasteiger partial charge in [-0.1, -0.05) is 86.8 Å². The molecule has 0 fully saturated rings. The first-order valence-electron chi connectivity index (χ1n) is 10.6. The van der Waals surface area contributed by atoms with Crippen molar-refractivity contribution in [1.82, 2.24) is 0 Å². The summed E-state index contributed by atoms with van der Waals surface area (Å²) in [6, 6.07) is 18.1. The van der Waals surface area contributed by atoms with E-state index in [1.807, 2.05) is 30.3 Å². The van der Waals surface area contributed by atoms with Gasteiger partial charge < -0.3 is 0 Å². The molecule has 0 radical (unpaired) electrons. The van der Waals surface area contributed by atoms with Crippen molar-refractivity contribution < 1.29 is 18.0 Å². The summed E-state index contributed by atoms with van der Waals surface area (Å²) in [7, 11) is 0. The Hall–Kier alpha value is -2.58. The standard InChI is InChI=1S/C26H29F3O/c1-2-3-4-9-16-23(25(30)18-17-21-12-7-5-8-13-21)19-24(20-26(27,28)29)22-14-10-6-11-15-22/h5-8,10-15H,2-4,9,16-18,20H2,1H3. The number of benzene rings is 2. The summed E-state index contributed by atoms with van der Waals surface area (Å²) in [5.74, 6) is -0.119. The minimum absolute atomic E-state index is 0.0293. The largest absolute Gasteiger partial charge is 0.393 e. The van der Waals surface area contributed by atoms with E-state index >= 15 is 0 Å². The van der Waals surface area contributed by atoms with Gasteiger partial charge in [0.1, 0.15) is 0 Å². The normalized spacial score (nSPS) is 11.1. The Bertz CT molecular complexity index is 845. The molecule has 0 unspecified atom stereocenters. The summed E-state index contributed by atoms with van der Waals surface area (Å²) < 4.78 is 39.6. The average Bonchev–Trinajstić information content (AvgIpc) is 2.74. The van der Waals surface area contributed by atoms with Crippen LogP contribution in [0.3, 0.4) is 0 Å². The molecule has 0 spiro atoms. The van der Waals surface area contributed by atoms with Crippen molar-refractivity contribution in [2.75, 3.05) is 0 Å². The van der Waals surface area contributed by atoms with Crippen LogP contribution in [0.5, 0.6) is 0 Å². The van der Waals surface area contributed by atoms with E-state index in [0.29, 0.717) is 24.0 Å². The highest BCUT2D eigenvalue weighted by molar-refractivity contribution is 5.96. The number of carbonyl (C=O) groups is 1. The smallest absolute Gasteiger partial charge is 0.294 e. The summed E-state index contributed by atoms with van der Waals surface area (Å²) in [5, 5.41) is 0. The van der Waals surface area contributed by atoms with E-state index in [1.54, 1.807) is 30.3 Å². The molecular weight excluding hydrogens is 385 g/mol. The predicted octanol–water partition coefficient (Wildman–Crippen LogP) is 7.72. The molecule has 160 valence electrons. The zero-order valence-electron chi connectivity index (χ0n) is 17.5. The third-order valence-corrected chi connectivity index (χ3v) is 4.90. The average molecular weight is 415 g/mol. The van der Waals surface area contributed by atoms with Gasteiger partial charge in [-0.15, -0.1) is 5.73 Å². The van der Waals surface area contributed by atoms with E-state index in [4.69, 9.17) is 0 Å². The van der Waals surface area contributed by atoms with Crippen LogP contribution in [0.1, 0.15) is 63.0 Å². The second kappa shape index (κ2) is 12.2. The third kappa shape index (κ3) is 8.84. The van der Waals surface area contributed by atoms with Gasteiger partial charge >= 0.3 is 6.18 Å². The Kier molecular flexibility index (Phi) is 9.63. The Morgan fingerprint density at radius 3 is 2.10 bits per heavy atom. The number of rotatable bonds is 11. The van der Waals surface area contributed by atoms with Crippen molar-refractivity contribution in [2.24, 2.45) is 0 Å². The number of unbranched alkanes of at least 4 members (excludes halogenated alkanes) is 3. The first-order chi connectivity index (χ1) is 14.4. The summed E-state index contributed by atoms with van der Waals surface area (Å²) in [5.41, 5.74) is 4.81. The number of ketones is 1. The number of hydrogen-bond donors (Lipinski definition) is 0. The number of Topliss-reactive ketones (excluding diaryl/α,β-unsaturated/α-hetero) is 1. The highest BCUT2D eigenvalue weighted by atomic mass is 19.4. The summed E-state index contributed by atoms with van der Waals surface area (Å²) in [6.45, 7) is 2.10. The molecule has 30 heavy (non-hydrogen) atoms. The number of alkyl halides is 3. The number of halogens is 3. The highest BCUT2D eigenvalue weighted by Gasteiger charge is 2.29. The van der Waals surface area contributed by atoms with Gasteiger partial charge in [0.2, 0.25) is 0 Å². The van der Waals surface area contributed by atoms with Gasteiger partial charge in [-0.3, -0.25) is 4.79 Å². The van der Waals surface area contributed by atoms with Crippen molar-refractivity contribution in [3.05, 3.63) is 83.1 Å². The van der Waals surface area contributed by atoms with E-state index in [0.717, 1.165) is 31.2 Å². The van der Waals surface area contributed by atoms with Crippen LogP contribution in [0.2, 0.25) is 0 Å². The monoisotopic (exact) mass is 414 g/mol. The molecule has 0 aliphatic carbocycles. The first kappa shape index (κ1) is 23.7. The fourth-order valence-corrected chi connectivity index (χ4v) is 3.29. The fraction of sp³-hybridized carbons (Fsp3) is 0.385. The van der Waals surface area contributed by atoms with Crippen LogP contribution >= 0.6 is 0 Å². The van der Waals surface area contributed by atoms with Gasteiger partial charge in [0.05, 0.1) is 6.42 Å². The lowest BCUT2D eigenvalue weighted by molar-refractivity contribution is -0.123. The Morgan fingerprint density at radius 2 is 1.50 bits per heavy atom. The second-order valence-electron chi connectivity index (χ2n) is 7.46. The number of aryl methyl sites for hydroxylation is 1. The number of carbonyl (C=O) groups excluding carboxylic acids is 1. The second-order valence-corrected chi connectivity index (χ2v) is 7.46. The third-order valence-electron chi connectivity index (χ3n) is 4.90. The molecule has 0 heterocycles. The van der Waals surface area contributed by atoms with Crippen LogP contribution in [0.4, 0.5) is 13.2 Å². The molecule has 0 aliphatic rings. The maximum Gasteiger partial charge on any atom is 0.393 e. The Morgan fingerprint density at radius 1 is 0.867 bits per heavy atom. The molecule has 0 aliphatic heterocycles. The predicted molar refractivity (Wildman–Crippen MR) is 116 cm³/mol. The fourth-order valence-electron chi connectivity index (χ4n) is 3.29. The van der Waals surface area contributed by atoms with Crippen molar-refractivity contribution >= 4 is 11.4 Å². The molecule has 0 saturated heterocycles. The molecule has 0 aromatic heterocycles. The minimum Gasteiger partial charge on any atom is -0.294 e. The van der Waals surface area contributed by atoms with Crippen molar-refractivity contribution in [3.63, 3.8) is 0 Å². The van der Waals surface area contributed by atoms with Gasteiger partial charge in [-0.05, 0) is 30.4 Å². The first-order valence-corrected chi connectivity index (χ1v) is 10.6. The molecule has 0 N–H and O–H groups in total. The molecule has 2 aromatic carbocycles. The van der Waals surface area contributed by atoms with Crippen LogP contribution in [0.15, 0.2) is 72.0 Å². The van der Waals surface area contributed by atoms with E-state index in [-0.39, 0.29) is 17.8 Å². The van der Waals surface area contributed by atoms with Gasteiger partial charge in [0.25, 0.3) is 0 Å². The molecule has 0 saturated carbocycles. The van der Waals surface area contributed by atoms with Gasteiger partial charge in [0.15, 0.2) is 5.78 Å². The Labute approximate surface area is 177 Å². The van der Waals surface area contributed by atoms with E-state index in [9.17, 15) is 18.0 Å². The molecule has 2 rings (SSSR count). The minimum atomic E-state index is -4.36. The molecule has 0 bridgehead atoms. The zero-order chi connectivity index (χ0) is 21.8. The lowest BCUT2D eigenvalue weighted by Gasteiger charge is -2.11. The van der Waals surface area contributed by atoms with Crippen LogP contribution < -0.4 is 0 Å². The molecule has 2 aromatic rings. The highest BCUT2D eigenvalue weighted by Crippen LogP contribution is 2.30. The lowest BCUT2D eigenvalue weighted by atomic mass is 9.96. The van der Waals surface area contributed by atoms with Gasteiger partial charge in [-0.2, -0.15) is 13.2 Å². The van der Waals surface area contributed by atoms with Crippen molar-refractivity contribution in [3.8, 4) is 0 Å².